The van der Waals surface area contributed by atoms with Gasteiger partial charge in [0.05, 0.1) is 9.92 Å². The summed E-state index contributed by atoms with van der Waals surface area (Å²) < 4.78 is 37.5. The van der Waals surface area contributed by atoms with Gasteiger partial charge in [0, 0.05) is 24.6 Å². The van der Waals surface area contributed by atoms with Gasteiger partial charge in [-0.15, -0.1) is 0 Å². The van der Waals surface area contributed by atoms with E-state index in [1.165, 1.54) is 18.2 Å². The first-order valence-corrected chi connectivity index (χ1v) is 12.7. The summed E-state index contributed by atoms with van der Waals surface area (Å²) in [5.41, 5.74) is 1.57. The molecule has 3 aromatic rings. The molecule has 3 rings (SSSR count). The summed E-state index contributed by atoms with van der Waals surface area (Å²) in [4.78, 5) is 16.7. The zero-order valence-corrected chi connectivity index (χ0v) is 20.7. The van der Waals surface area contributed by atoms with E-state index in [2.05, 4.69) is 20.2 Å². The molecule has 2 N–H and O–H groups in total. The van der Waals surface area contributed by atoms with Crippen molar-refractivity contribution < 1.29 is 22.5 Å². The van der Waals surface area contributed by atoms with Gasteiger partial charge in [0.2, 0.25) is 15.9 Å². The molecule has 0 radical (unpaired) electrons. The molecular weight excluding hydrogens is 480 g/mol. The van der Waals surface area contributed by atoms with Crippen LogP contribution in [0.4, 0.5) is 5.69 Å². The van der Waals surface area contributed by atoms with Crippen molar-refractivity contribution in [2.45, 2.75) is 44.4 Å². The van der Waals surface area contributed by atoms with E-state index in [1.807, 2.05) is 32.9 Å². The largest absolute Gasteiger partial charge is 0.482 e. The number of hydrogen-bond acceptors (Lipinski definition) is 7. The maximum atomic E-state index is 12.3. The van der Waals surface area contributed by atoms with Crippen LogP contribution in [0.25, 0.3) is 0 Å². The second-order valence-corrected chi connectivity index (χ2v) is 10.1. The van der Waals surface area contributed by atoms with E-state index in [4.69, 9.17) is 20.9 Å². The van der Waals surface area contributed by atoms with Crippen LogP contribution >= 0.6 is 11.6 Å². The molecule has 0 aliphatic carbocycles. The molecule has 182 valence electrons. The van der Waals surface area contributed by atoms with E-state index in [1.54, 1.807) is 12.1 Å². The lowest BCUT2D eigenvalue weighted by Gasteiger charge is -2.11. The average Bonchev–Trinajstić information content (AvgIpc) is 3.27. The van der Waals surface area contributed by atoms with Gasteiger partial charge in [-0.25, -0.2) is 13.1 Å². The third-order valence-corrected chi connectivity index (χ3v) is 6.45. The summed E-state index contributed by atoms with van der Waals surface area (Å²) in [6.07, 6.45) is 1.19. The standard InChI is InChI=1S/C23H27ClN4O5S/c1-4-11-25-34(30,31)18-9-10-20(19(24)13-18)32-14-22(29)26-17-7-5-16(6-8-17)12-21-27-23(15(2)3)33-28-21/h5-10,13,15,25H,4,11-12,14H2,1-3H3,(H,26,29). The zero-order chi connectivity index (χ0) is 24.7. The number of rotatable bonds is 11. The van der Waals surface area contributed by atoms with Crippen molar-refractivity contribution >= 4 is 33.2 Å². The van der Waals surface area contributed by atoms with Crippen molar-refractivity contribution in [3.05, 3.63) is 64.8 Å². The number of sulfonamides is 1. The van der Waals surface area contributed by atoms with Crippen molar-refractivity contribution in [1.29, 1.82) is 0 Å². The highest BCUT2D eigenvalue weighted by Gasteiger charge is 2.16. The van der Waals surface area contributed by atoms with Crippen LogP contribution < -0.4 is 14.8 Å². The van der Waals surface area contributed by atoms with Crippen molar-refractivity contribution in [2.75, 3.05) is 18.5 Å². The van der Waals surface area contributed by atoms with E-state index in [9.17, 15) is 13.2 Å². The Morgan fingerprint density at radius 3 is 2.53 bits per heavy atom. The molecule has 9 nitrogen and oxygen atoms in total. The molecule has 0 aliphatic heterocycles. The fourth-order valence-corrected chi connectivity index (χ4v) is 4.35. The number of hydrogen-bond donors (Lipinski definition) is 2. The number of anilines is 1. The van der Waals surface area contributed by atoms with Gasteiger partial charge < -0.3 is 14.6 Å². The fourth-order valence-electron chi connectivity index (χ4n) is 2.89. The van der Waals surface area contributed by atoms with Crippen molar-refractivity contribution in [2.24, 2.45) is 0 Å². The second-order valence-electron chi connectivity index (χ2n) is 7.90. The van der Waals surface area contributed by atoms with Gasteiger partial charge in [-0.1, -0.05) is 49.7 Å². The number of ether oxygens (including phenoxy) is 1. The first kappa shape index (κ1) is 25.7. The number of amides is 1. The van der Waals surface area contributed by atoms with Gasteiger partial charge in [0.1, 0.15) is 5.75 Å². The molecule has 34 heavy (non-hydrogen) atoms. The molecular formula is C23H27ClN4O5S. The first-order valence-electron chi connectivity index (χ1n) is 10.8. The fraction of sp³-hybridized carbons (Fsp3) is 0.348. The number of aromatic nitrogens is 2. The highest BCUT2D eigenvalue weighted by Crippen LogP contribution is 2.27. The third kappa shape index (κ3) is 7.02. The smallest absolute Gasteiger partial charge is 0.262 e. The maximum absolute atomic E-state index is 12.3. The van der Waals surface area contributed by atoms with Crippen LogP contribution in [0.3, 0.4) is 0 Å². The molecule has 0 unspecified atom stereocenters. The minimum absolute atomic E-state index is 0.0316. The number of carbonyl (C=O) groups is 1. The van der Waals surface area contributed by atoms with Gasteiger partial charge in [0.15, 0.2) is 12.4 Å². The molecule has 0 fully saturated rings. The topological polar surface area (TPSA) is 123 Å². The van der Waals surface area contributed by atoms with Crippen LogP contribution in [0.1, 0.15) is 50.4 Å². The van der Waals surface area contributed by atoms with Gasteiger partial charge >= 0.3 is 0 Å². The highest BCUT2D eigenvalue weighted by molar-refractivity contribution is 7.89. The summed E-state index contributed by atoms with van der Waals surface area (Å²) >= 11 is 6.15. The average molecular weight is 507 g/mol. The molecule has 0 atom stereocenters. The maximum Gasteiger partial charge on any atom is 0.262 e. The Balaban J connectivity index is 1.52. The Morgan fingerprint density at radius 1 is 1.18 bits per heavy atom. The minimum atomic E-state index is -3.64. The van der Waals surface area contributed by atoms with E-state index in [0.29, 0.717) is 36.8 Å². The predicted molar refractivity (Wildman–Crippen MR) is 129 cm³/mol. The Hall–Kier alpha value is -2.95. The van der Waals surface area contributed by atoms with Crippen LogP contribution in [-0.4, -0.2) is 37.6 Å². The van der Waals surface area contributed by atoms with Crippen LogP contribution in [-0.2, 0) is 21.2 Å². The molecule has 0 saturated heterocycles. The number of carbonyl (C=O) groups excluding carboxylic acids is 1. The summed E-state index contributed by atoms with van der Waals surface area (Å²) in [5, 5.41) is 6.81. The van der Waals surface area contributed by atoms with Gasteiger partial charge in [-0.3, -0.25) is 4.79 Å². The molecule has 0 aliphatic rings. The van der Waals surface area contributed by atoms with E-state index in [0.717, 1.165) is 5.56 Å². The molecule has 0 bridgehead atoms. The molecule has 0 saturated carbocycles. The summed E-state index contributed by atoms with van der Waals surface area (Å²) in [5.74, 6) is 1.20. The van der Waals surface area contributed by atoms with Crippen LogP contribution in [0.5, 0.6) is 5.75 Å². The number of nitrogens with zero attached hydrogens (tertiary/aromatic N) is 2. The zero-order valence-electron chi connectivity index (χ0n) is 19.2. The first-order chi connectivity index (χ1) is 16.2. The normalized spacial score (nSPS) is 11.6. The van der Waals surface area contributed by atoms with Crippen molar-refractivity contribution in [1.82, 2.24) is 14.9 Å². The van der Waals surface area contributed by atoms with Crippen LogP contribution in [0.2, 0.25) is 5.02 Å². The minimum Gasteiger partial charge on any atom is -0.482 e. The molecule has 1 amide bonds. The lowest BCUT2D eigenvalue weighted by atomic mass is 10.1. The molecule has 2 aromatic carbocycles. The van der Waals surface area contributed by atoms with E-state index < -0.39 is 10.0 Å². The summed E-state index contributed by atoms with van der Waals surface area (Å²) in [6, 6.07) is 11.4. The summed E-state index contributed by atoms with van der Waals surface area (Å²) in [6.45, 7) is 5.87. The number of halogens is 1. The second kappa shape index (κ2) is 11.5. The predicted octanol–water partition coefficient (Wildman–Crippen LogP) is 4.14. The monoisotopic (exact) mass is 506 g/mol. The molecule has 1 aromatic heterocycles. The van der Waals surface area contributed by atoms with E-state index in [-0.39, 0.29) is 34.1 Å². The SMILES string of the molecule is CCCNS(=O)(=O)c1ccc(OCC(=O)Nc2ccc(Cc3noc(C(C)C)n3)cc2)c(Cl)c1. The van der Waals surface area contributed by atoms with Crippen LogP contribution in [0, 0.1) is 0 Å². The Kier molecular flexibility index (Phi) is 8.65. The van der Waals surface area contributed by atoms with Gasteiger partial charge in [0.25, 0.3) is 5.91 Å². The molecule has 1 heterocycles. The molecule has 11 heteroatoms. The Bertz CT molecular complexity index is 1230. The number of nitrogens with one attached hydrogen (secondary N) is 2. The number of benzene rings is 2. The summed E-state index contributed by atoms with van der Waals surface area (Å²) in [7, 11) is -3.64. The Labute approximate surface area is 203 Å². The lowest BCUT2D eigenvalue weighted by Crippen LogP contribution is -2.24. The van der Waals surface area contributed by atoms with Crippen LogP contribution in [0.15, 0.2) is 51.9 Å². The van der Waals surface area contributed by atoms with Crippen molar-refractivity contribution in [3.8, 4) is 5.75 Å². The lowest BCUT2D eigenvalue weighted by molar-refractivity contribution is -0.118. The highest BCUT2D eigenvalue weighted by atomic mass is 35.5. The Morgan fingerprint density at radius 2 is 1.91 bits per heavy atom. The van der Waals surface area contributed by atoms with Gasteiger partial charge in [-0.05, 0) is 42.3 Å². The van der Waals surface area contributed by atoms with E-state index >= 15 is 0 Å². The van der Waals surface area contributed by atoms with Gasteiger partial charge in [-0.2, -0.15) is 4.98 Å². The quantitative estimate of drug-likeness (QED) is 0.400. The molecule has 0 spiro atoms. The van der Waals surface area contributed by atoms with Crippen molar-refractivity contribution in [3.63, 3.8) is 0 Å². The third-order valence-electron chi connectivity index (χ3n) is 4.69.